The van der Waals surface area contributed by atoms with Crippen molar-refractivity contribution < 1.29 is 0 Å². The Bertz CT molecular complexity index is 382. The van der Waals surface area contributed by atoms with Crippen molar-refractivity contribution in [1.82, 2.24) is 5.32 Å². The number of fused-ring (bicyclic) bond motifs is 1. The van der Waals surface area contributed by atoms with E-state index in [1.165, 1.54) is 32.4 Å². The topological polar surface area (TPSA) is 12.0 Å². The minimum atomic E-state index is 0.776. The second-order valence-corrected chi connectivity index (χ2v) is 6.55. The van der Waals surface area contributed by atoms with Crippen molar-refractivity contribution in [2.24, 2.45) is 5.92 Å². The van der Waals surface area contributed by atoms with Crippen LogP contribution in [0.15, 0.2) is 23.1 Å². The minimum Gasteiger partial charge on any atom is -0.316 e. The predicted octanol–water partition coefficient (Wildman–Crippen LogP) is 2.88. The largest absolute Gasteiger partial charge is 0.316 e. The van der Waals surface area contributed by atoms with E-state index in [-0.39, 0.29) is 0 Å². The van der Waals surface area contributed by atoms with E-state index >= 15 is 0 Å². The van der Waals surface area contributed by atoms with Crippen molar-refractivity contribution in [3.8, 4) is 0 Å². The predicted molar refractivity (Wildman–Crippen MR) is 70.1 cm³/mol. The van der Waals surface area contributed by atoms with E-state index in [4.69, 9.17) is 0 Å². The van der Waals surface area contributed by atoms with E-state index in [0.29, 0.717) is 0 Å². The summed E-state index contributed by atoms with van der Waals surface area (Å²) in [7, 11) is 0. The molecule has 1 fully saturated rings. The van der Waals surface area contributed by atoms with Gasteiger partial charge in [-0.1, -0.05) is 25.1 Å². The lowest BCUT2D eigenvalue weighted by Gasteiger charge is -2.12. The molecule has 2 aliphatic heterocycles. The molecule has 1 aromatic carbocycles. The maximum Gasteiger partial charge on any atom is 0.0139 e. The van der Waals surface area contributed by atoms with Crippen LogP contribution in [0.1, 0.15) is 24.5 Å². The first kappa shape index (κ1) is 10.7. The molecule has 1 saturated heterocycles. The lowest BCUT2D eigenvalue weighted by molar-refractivity contribution is 0.575. The van der Waals surface area contributed by atoms with Crippen molar-refractivity contribution in [1.29, 1.82) is 0 Å². The van der Waals surface area contributed by atoms with Gasteiger partial charge in [-0.25, -0.2) is 0 Å². The number of hydrogen-bond donors (Lipinski definition) is 1. The number of rotatable bonds is 2. The van der Waals surface area contributed by atoms with E-state index in [1.807, 2.05) is 0 Å². The maximum absolute atomic E-state index is 3.46. The molecule has 1 N–H and O–H groups in total. The highest BCUT2D eigenvalue weighted by Gasteiger charge is 2.23. The SMILES string of the molecule is CC1Cc2cccc(CC3CCNC3)c2S1. The van der Waals surface area contributed by atoms with Gasteiger partial charge >= 0.3 is 0 Å². The molecule has 0 bridgehead atoms. The summed E-state index contributed by atoms with van der Waals surface area (Å²) in [4.78, 5) is 1.60. The summed E-state index contributed by atoms with van der Waals surface area (Å²) in [5.74, 6) is 0.864. The van der Waals surface area contributed by atoms with Crippen molar-refractivity contribution in [3.05, 3.63) is 29.3 Å². The van der Waals surface area contributed by atoms with Crippen molar-refractivity contribution in [2.75, 3.05) is 13.1 Å². The Morgan fingerprint density at radius 2 is 2.38 bits per heavy atom. The van der Waals surface area contributed by atoms with Gasteiger partial charge in [-0.15, -0.1) is 11.8 Å². The Balaban J connectivity index is 1.82. The van der Waals surface area contributed by atoms with E-state index in [0.717, 1.165) is 11.2 Å². The average Bonchev–Trinajstić information content (AvgIpc) is 2.86. The highest BCUT2D eigenvalue weighted by Crippen LogP contribution is 2.40. The Kier molecular flexibility index (Phi) is 2.95. The van der Waals surface area contributed by atoms with E-state index in [9.17, 15) is 0 Å². The molecule has 16 heavy (non-hydrogen) atoms. The molecule has 2 aliphatic rings. The van der Waals surface area contributed by atoms with Crippen LogP contribution in [0.3, 0.4) is 0 Å². The summed E-state index contributed by atoms with van der Waals surface area (Å²) < 4.78 is 0. The molecular weight excluding hydrogens is 214 g/mol. The van der Waals surface area contributed by atoms with Gasteiger partial charge in [-0.05, 0) is 49.4 Å². The van der Waals surface area contributed by atoms with Crippen molar-refractivity contribution >= 4 is 11.8 Å². The molecule has 2 atom stereocenters. The van der Waals surface area contributed by atoms with Gasteiger partial charge in [0.1, 0.15) is 0 Å². The summed E-state index contributed by atoms with van der Waals surface area (Å²) >= 11 is 2.08. The summed E-state index contributed by atoms with van der Waals surface area (Å²) in [5.41, 5.74) is 3.18. The standard InChI is InChI=1S/C14H19NS/c1-10-7-12-3-2-4-13(14(12)16-10)8-11-5-6-15-9-11/h2-4,10-11,15H,5-9H2,1H3. The Labute approximate surface area is 102 Å². The number of nitrogens with one attached hydrogen (secondary N) is 1. The van der Waals surface area contributed by atoms with E-state index in [1.54, 1.807) is 16.0 Å². The fourth-order valence-electron chi connectivity index (χ4n) is 2.86. The zero-order valence-electron chi connectivity index (χ0n) is 9.83. The van der Waals surface area contributed by atoms with Crippen molar-refractivity contribution in [2.45, 2.75) is 36.3 Å². The summed E-state index contributed by atoms with van der Waals surface area (Å²) in [6.07, 6.45) is 3.89. The third-order valence-corrected chi connectivity index (χ3v) is 5.00. The fraction of sp³-hybridized carbons (Fsp3) is 0.571. The maximum atomic E-state index is 3.46. The number of benzene rings is 1. The van der Waals surface area contributed by atoms with Gasteiger partial charge in [0.25, 0.3) is 0 Å². The van der Waals surface area contributed by atoms with Gasteiger partial charge < -0.3 is 5.32 Å². The van der Waals surface area contributed by atoms with Crippen LogP contribution in [-0.2, 0) is 12.8 Å². The molecule has 2 heterocycles. The first-order valence-electron chi connectivity index (χ1n) is 6.31. The van der Waals surface area contributed by atoms with Crippen LogP contribution in [0, 0.1) is 5.92 Å². The Hall–Kier alpha value is -0.470. The van der Waals surface area contributed by atoms with Gasteiger partial charge in [0.05, 0.1) is 0 Å². The van der Waals surface area contributed by atoms with Crippen LogP contribution in [0.2, 0.25) is 0 Å². The molecule has 0 radical (unpaired) electrons. The van der Waals surface area contributed by atoms with E-state index < -0.39 is 0 Å². The molecular formula is C14H19NS. The van der Waals surface area contributed by atoms with Crippen molar-refractivity contribution in [3.63, 3.8) is 0 Å². The lowest BCUT2D eigenvalue weighted by atomic mass is 9.96. The Morgan fingerprint density at radius 1 is 1.44 bits per heavy atom. The molecule has 0 saturated carbocycles. The van der Waals surface area contributed by atoms with Gasteiger partial charge in [0.2, 0.25) is 0 Å². The summed E-state index contributed by atoms with van der Waals surface area (Å²) in [5, 5.41) is 4.24. The highest BCUT2D eigenvalue weighted by molar-refractivity contribution is 8.00. The second kappa shape index (κ2) is 4.42. The number of thioether (sulfide) groups is 1. The van der Waals surface area contributed by atoms with E-state index in [2.05, 4.69) is 42.2 Å². The zero-order valence-corrected chi connectivity index (χ0v) is 10.6. The van der Waals surface area contributed by atoms with Gasteiger partial charge in [-0.2, -0.15) is 0 Å². The molecule has 0 aliphatic carbocycles. The number of hydrogen-bond acceptors (Lipinski definition) is 2. The van der Waals surface area contributed by atoms with Crippen LogP contribution in [-0.4, -0.2) is 18.3 Å². The quantitative estimate of drug-likeness (QED) is 0.843. The molecule has 86 valence electrons. The molecule has 0 amide bonds. The molecule has 0 aromatic heterocycles. The molecule has 1 aromatic rings. The molecule has 0 spiro atoms. The first-order chi connectivity index (χ1) is 7.83. The van der Waals surface area contributed by atoms with Crippen LogP contribution in [0.25, 0.3) is 0 Å². The molecule has 2 heteroatoms. The lowest BCUT2D eigenvalue weighted by Crippen LogP contribution is -2.11. The summed E-state index contributed by atoms with van der Waals surface area (Å²) in [6.45, 7) is 4.76. The van der Waals surface area contributed by atoms with Gasteiger partial charge in [0.15, 0.2) is 0 Å². The molecule has 1 nitrogen and oxygen atoms in total. The van der Waals surface area contributed by atoms with Crippen LogP contribution in [0.4, 0.5) is 0 Å². The second-order valence-electron chi connectivity index (χ2n) is 5.10. The fourth-order valence-corrected chi connectivity index (χ4v) is 4.13. The first-order valence-corrected chi connectivity index (χ1v) is 7.19. The third kappa shape index (κ3) is 2.01. The molecule has 2 unspecified atom stereocenters. The smallest absolute Gasteiger partial charge is 0.0139 e. The van der Waals surface area contributed by atoms with Crippen LogP contribution < -0.4 is 5.32 Å². The normalized spacial score (nSPS) is 28.3. The van der Waals surface area contributed by atoms with Crippen LogP contribution >= 0.6 is 11.8 Å². The third-order valence-electron chi connectivity index (χ3n) is 3.68. The van der Waals surface area contributed by atoms with Gasteiger partial charge in [-0.3, -0.25) is 0 Å². The monoisotopic (exact) mass is 233 g/mol. The van der Waals surface area contributed by atoms with Crippen LogP contribution in [0.5, 0.6) is 0 Å². The zero-order chi connectivity index (χ0) is 11.0. The highest BCUT2D eigenvalue weighted by atomic mass is 32.2. The Morgan fingerprint density at radius 3 is 3.19 bits per heavy atom. The summed E-state index contributed by atoms with van der Waals surface area (Å²) in [6, 6.07) is 6.89. The minimum absolute atomic E-state index is 0.776. The molecule has 3 rings (SSSR count). The van der Waals surface area contributed by atoms with Gasteiger partial charge in [0, 0.05) is 10.1 Å². The average molecular weight is 233 g/mol.